The molecule has 1 aromatic carbocycles. The van der Waals surface area contributed by atoms with Gasteiger partial charge >= 0.3 is 5.97 Å². The fraction of sp³-hybridized carbons (Fsp3) is 0.154. The van der Waals surface area contributed by atoms with Gasteiger partial charge in [0.1, 0.15) is 11.6 Å². The molecule has 0 saturated carbocycles. The smallest absolute Gasteiger partial charge is 0.371 e. The minimum atomic E-state index is -1.13. The van der Waals surface area contributed by atoms with Gasteiger partial charge in [0.15, 0.2) is 0 Å². The standard InChI is InChI=1S/C13H11BrFNO3/c1-7(11-4-5-12(19-11)13(17)18)16-10-3-2-8(14)6-9(10)15/h2-7,16H,1H3,(H,17,18). The fourth-order valence-corrected chi connectivity index (χ4v) is 1.94. The summed E-state index contributed by atoms with van der Waals surface area (Å²) in [5.74, 6) is -1.24. The monoisotopic (exact) mass is 327 g/mol. The SMILES string of the molecule is CC(Nc1ccc(Br)cc1F)c1ccc(C(=O)O)o1. The minimum absolute atomic E-state index is 0.139. The first kappa shape index (κ1) is 13.6. The summed E-state index contributed by atoms with van der Waals surface area (Å²) in [6, 6.07) is 7.23. The van der Waals surface area contributed by atoms with Gasteiger partial charge in [-0.15, -0.1) is 0 Å². The van der Waals surface area contributed by atoms with Gasteiger partial charge in [0.25, 0.3) is 0 Å². The molecule has 0 fully saturated rings. The number of furan rings is 1. The van der Waals surface area contributed by atoms with Crippen LogP contribution in [0.5, 0.6) is 0 Å². The third-order valence-corrected chi connectivity index (χ3v) is 3.06. The van der Waals surface area contributed by atoms with Crippen molar-refractivity contribution in [3.05, 3.63) is 52.1 Å². The quantitative estimate of drug-likeness (QED) is 0.889. The molecular formula is C13H11BrFNO3. The van der Waals surface area contributed by atoms with E-state index in [2.05, 4.69) is 21.2 Å². The van der Waals surface area contributed by atoms with Gasteiger partial charge in [-0.3, -0.25) is 0 Å². The lowest BCUT2D eigenvalue weighted by Gasteiger charge is -2.13. The van der Waals surface area contributed by atoms with E-state index in [1.165, 1.54) is 12.1 Å². The molecule has 0 spiro atoms. The Balaban J connectivity index is 2.15. The van der Waals surface area contributed by atoms with Crippen LogP contribution in [0.4, 0.5) is 10.1 Å². The van der Waals surface area contributed by atoms with Crippen LogP contribution in [0.15, 0.2) is 39.2 Å². The van der Waals surface area contributed by atoms with Crippen LogP contribution in [0.2, 0.25) is 0 Å². The number of hydrogen-bond donors (Lipinski definition) is 2. The highest BCUT2D eigenvalue weighted by atomic mass is 79.9. The summed E-state index contributed by atoms with van der Waals surface area (Å²) in [7, 11) is 0. The van der Waals surface area contributed by atoms with E-state index < -0.39 is 11.8 Å². The molecular weight excluding hydrogens is 317 g/mol. The van der Waals surface area contributed by atoms with Crippen molar-refractivity contribution < 1.29 is 18.7 Å². The summed E-state index contributed by atoms with van der Waals surface area (Å²) in [5, 5.41) is 11.7. The predicted octanol–water partition coefficient (Wildman–Crippen LogP) is 4.05. The van der Waals surface area contributed by atoms with Gasteiger partial charge in [0.2, 0.25) is 5.76 Å². The second-order valence-corrected chi connectivity index (χ2v) is 4.91. The Morgan fingerprint density at radius 2 is 2.16 bits per heavy atom. The van der Waals surface area contributed by atoms with Crippen LogP contribution in [-0.4, -0.2) is 11.1 Å². The van der Waals surface area contributed by atoms with Gasteiger partial charge in [-0.1, -0.05) is 15.9 Å². The average molecular weight is 328 g/mol. The Morgan fingerprint density at radius 1 is 1.42 bits per heavy atom. The normalized spacial score (nSPS) is 12.2. The summed E-state index contributed by atoms with van der Waals surface area (Å²) < 4.78 is 19.4. The van der Waals surface area contributed by atoms with Crippen LogP contribution in [0, 0.1) is 5.82 Å². The van der Waals surface area contributed by atoms with Crippen molar-refractivity contribution in [2.75, 3.05) is 5.32 Å². The van der Waals surface area contributed by atoms with Gasteiger partial charge in [-0.05, 0) is 37.3 Å². The third-order valence-electron chi connectivity index (χ3n) is 2.57. The highest BCUT2D eigenvalue weighted by Gasteiger charge is 2.15. The van der Waals surface area contributed by atoms with Crippen LogP contribution in [0.25, 0.3) is 0 Å². The third kappa shape index (κ3) is 3.14. The number of benzene rings is 1. The Hall–Kier alpha value is -1.82. The number of halogens is 2. The summed E-state index contributed by atoms with van der Waals surface area (Å²) >= 11 is 3.18. The Bertz CT molecular complexity index is 612. The van der Waals surface area contributed by atoms with Crippen molar-refractivity contribution in [2.45, 2.75) is 13.0 Å². The molecule has 2 N–H and O–H groups in total. The summed E-state index contributed by atoms with van der Waals surface area (Å²) in [6.07, 6.45) is 0. The predicted molar refractivity (Wildman–Crippen MR) is 71.8 cm³/mol. The maximum Gasteiger partial charge on any atom is 0.371 e. The molecule has 0 aliphatic carbocycles. The number of carbonyl (C=O) groups is 1. The van der Waals surface area contributed by atoms with Gasteiger partial charge in [0, 0.05) is 4.47 Å². The second-order valence-electron chi connectivity index (χ2n) is 4.00. The summed E-state index contributed by atoms with van der Waals surface area (Å²) in [4.78, 5) is 10.7. The Morgan fingerprint density at radius 3 is 2.74 bits per heavy atom. The molecule has 4 nitrogen and oxygen atoms in total. The van der Waals surface area contributed by atoms with Crippen LogP contribution in [0.1, 0.15) is 29.3 Å². The van der Waals surface area contributed by atoms with Crippen molar-refractivity contribution >= 4 is 27.6 Å². The number of rotatable bonds is 4. The van der Waals surface area contributed by atoms with E-state index in [1.807, 2.05) is 0 Å². The molecule has 100 valence electrons. The maximum absolute atomic E-state index is 13.6. The van der Waals surface area contributed by atoms with Crippen LogP contribution >= 0.6 is 15.9 Å². The first-order valence-corrected chi connectivity index (χ1v) is 6.31. The largest absolute Gasteiger partial charge is 0.475 e. The average Bonchev–Trinajstić information content (AvgIpc) is 2.82. The van der Waals surface area contributed by atoms with Gasteiger partial charge < -0.3 is 14.8 Å². The first-order valence-electron chi connectivity index (χ1n) is 5.52. The molecule has 2 rings (SSSR count). The van der Waals surface area contributed by atoms with E-state index in [-0.39, 0.29) is 11.8 Å². The topological polar surface area (TPSA) is 62.5 Å². The van der Waals surface area contributed by atoms with E-state index in [0.29, 0.717) is 15.9 Å². The summed E-state index contributed by atoms with van der Waals surface area (Å²) in [5.41, 5.74) is 0.323. The maximum atomic E-state index is 13.6. The molecule has 1 unspecified atom stereocenters. The van der Waals surface area contributed by atoms with Crippen molar-refractivity contribution in [2.24, 2.45) is 0 Å². The first-order chi connectivity index (χ1) is 8.97. The molecule has 1 aromatic heterocycles. The Labute approximate surface area is 117 Å². The number of anilines is 1. The number of aromatic carboxylic acids is 1. The molecule has 1 heterocycles. The molecule has 19 heavy (non-hydrogen) atoms. The molecule has 0 bridgehead atoms. The van der Waals surface area contributed by atoms with E-state index in [0.717, 1.165) is 0 Å². The highest BCUT2D eigenvalue weighted by molar-refractivity contribution is 9.10. The molecule has 0 aliphatic heterocycles. The zero-order valence-electron chi connectivity index (χ0n) is 9.98. The number of hydrogen-bond acceptors (Lipinski definition) is 3. The van der Waals surface area contributed by atoms with Gasteiger partial charge in [-0.2, -0.15) is 0 Å². The molecule has 1 atom stereocenters. The number of nitrogens with one attached hydrogen (secondary N) is 1. The van der Waals surface area contributed by atoms with Crippen molar-refractivity contribution in [1.29, 1.82) is 0 Å². The van der Waals surface area contributed by atoms with Crippen LogP contribution in [0.3, 0.4) is 0 Å². The van der Waals surface area contributed by atoms with E-state index in [4.69, 9.17) is 9.52 Å². The molecule has 0 aliphatic rings. The van der Waals surface area contributed by atoms with Crippen LogP contribution < -0.4 is 5.32 Å². The van der Waals surface area contributed by atoms with Crippen molar-refractivity contribution in [3.8, 4) is 0 Å². The van der Waals surface area contributed by atoms with E-state index in [1.54, 1.807) is 25.1 Å². The van der Waals surface area contributed by atoms with Crippen molar-refractivity contribution in [3.63, 3.8) is 0 Å². The lowest BCUT2D eigenvalue weighted by Crippen LogP contribution is -2.07. The number of carboxylic acid groups (broad SMARTS) is 1. The highest BCUT2D eigenvalue weighted by Crippen LogP contribution is 2.25. The van der Waals surface area contributed by atoms with Crippen molar-refractivity contribution in [1.82, 2.24) is 0 Å². The summed E-state index contributed by atoms with van der Waals surface area (Å²) in [6.45, 7) is 1.76. The molecule has 0 amide bonds. The number of carboxylic acids is 1. The Kier molecular flexibility index (Phi) is 3.90. The van der Waals surface area contributed by atoms with E-state index >= 15 is 0 Å². The second kappa shape index (κ2) is 5.44. The zero-order valence-corrected chi connectivity index (χ0v) is 11.6. The van der Waals surface area contributed by atoms with Gasteiger partial charge in [-0.25, -0.2) is 9.18 Å². The fourth-order valence-electron chi connectivity index (χ4n) is 1.61. The lowest BCUT2D eigenvalue weighted by atomic mass is 10.2. The lowest BCUT2D eigenvalue weighted by molar-refractivity contribution is 0.0660. The van der Waals surface area contributed by atoms with Gasteiger partial charge in [0.05, 0.1) is 11.7 Å². The zero-order chi connectivity index (χ0) is 14.0. The van der Waals surface area contributed by atoms with Crippen LogP contribution in [-0.2, 0) is 0 Å². The van der Waals surface area contributed by atoms with E-state index in [9.17, 15) is 9.18 Å². The molecule has 2 aromatic rings. The minimum Gasteiger partial charge on any atom is -0.475 e. The molecule has 0 saturated heterocycles. The molecule has 0 radical (unpaired) electrons. The molecule has 6 heteroatoms.